The monoisotopic (exact) mass is 487 g/mol. The average molecular weight is 487 g/mol. The number of alkyl halides is 3. The Kier molecular flexibility index (Phi) is 7.53. The van der Waals surface area contributed by atoms with Crippen molar-refractivity contribution < 1.29 is 31.9 Å². The van der Waals surface area contributed by atoms with Gasteiger partial charge >= 0.3 is 6.18 Å². The highest BCUT2D eigenvalue weighted by atomic mass is 19.4. The summed E-state index contributed by atoms with van der Waals surface area (Å²) < 4.78 is 51.5. The zero-order valence-corrected chi connectivity index (χ0v) is 18.7. The van der Waals surface area contributed by atoms with Crippen LogP contribution in [0.15, 0.2) is 60.7 Å². The number of amides is 3. The molecule has 0 aliphatic carbocycles. The van der Waals surface area contributed by atoms with Gasteiger partial charge in [-0.1, -0.05) is 24.3 Å². The molecular formula is C25H21F4N3O3. The molecule has 0 bridgehead atoms. The van der Waals surface area contributed by atoms with Gasteiger partial charge in [0, 0.05) is 33.6 Å². The van der Waals surface area contributed by atoms with Crippen molar-refractivity contribution in [1.29, 1.82) is 0 Å². The van der Waals surface area contributed by atoms with E-state index in [9.17, 15) is 31.9 Å². The Morgan fingerprint density at radius 1 is 0.743 bits per heavy atom. The molecule has 0 radical (unpaired) electrons. The molecule has 0 aliphatic heterocycles. The fourth-order valence-corrected chi connectivity index (χ4v) is 3.10. The van der Waals surface area contributed by atoms with Crippen molar-refractivity contribution in [3.8, 4) is 0 Å². The number of halogens is 4. The lowest BCUT2D eigenvalue weighted by atomic mass is 10.1. The summed E-state index contributed by atoms with van der Waals surface area (Å²) in [5.41, 5.74) is 1.16. The van der Waals surface area contributed by atoms with Crippen LogP contribution >= 0.6 is 0 Å². The third kappa shape index (κ3) is 6.66. The lowest BCUT2D eigenvalue weighted by molar-refractivity contribution is -0.123. The zero-order chi connectivity index (χ0) is 25.8. The van der Waals surface area contributed by atoms with E-state index >= 15 is 0 Å². The van der Waals surface area contributed by atoms with Crippen LogP contribution in [0.1, 0.15) is 42.2 Å². The molecule has 0 fully saturated rings. The lowest BCUT2D eigenvalue weighted by Crippen LogP contribution is -2.33. The molecule has 3 amide bonds. The standard InChI is InChI=1S/C25H21F4N3O3/c1-14-8-9-17(11-20(14)31-23(34)16-6-4-3-5-7-16)24(35)32-21-12-18(10-19(26)15(21)2)22(33)30-13-25(27,28)29/h3-12H,13H2,1-2H3,(H,30,33)(H,31,34)(H,32,35). The highest BCUT2D eigenvalue weighted by Crippen LogP contribution is 2.24. The van der Waals surface area contributed by atoms with E-state index in [0.717, 1.165) is 12.1 Å². The number of aryl methyl sites for hydroxylation is 1. The fraction of sp³-hybridized carbons (Fsp3) is 0.160. The van der Waals surface area contributed by atoms with Crippen LogP contribution in [0, 0.1) is 19.7 Å². The van der Waals surface area contributed by atoms with Crippen molar-refractivity contribution in [3.05, 3.63) is 94.3 Å². The topological polar surface area (TPSA) is 87.3 Å². The fourth-order valence-electron chi connectivity index (χ4n) is 3.10. The summed E-state index contributed by atoms with van der Waals surface area (Å²) in [5, 5.41) is 6.87. The maximum Gasteiger partial charge on any atom is 0.405 e. The Morgan fingerprint density at radius 2 is 1.34 bits per heavy atom. The van der Waals surface area contributed by atoms with Gasteiger partial charge in [-0.05, 0) is 55.8 Å². The summed E-state index contributed by atoms with van der Waals surface area (Å²) in [6.07, 6.45) is -4.63. The predicted molar refractivity (Wildman–Crippen MR) is 123 cm³/mol. The Balaban J connectivity index is 1.80. The van der Waals surface area contributed by atoms with E-state index in [2.05, 4.69) is 10.6 Å². The molecule has 182 valence electrons. The van der Waals surface area contributed by atoms with Gasteiger partial charge in [0.05, 0.1) is 0 Å². The van der Waals surface area contributed by atoms with E-state index in [-0.39, 0.29) is 28.3 Å². The van der Waals surface area contributed by atoms with E-state index in [0.29, 0.717) is 16.8 Å². The number of hydrogen-bond acceptors (Lipinski definition) is 3. The van der Waals surface area contributed by atoms with Gasteiger partial charge in [0.25, 0.3) is 17.7 Å². The molecule has 0 saturated carbocycles. The van der Waals surface area contributed by atoms with Crippen molar-refractivity contribution in [2.45, 2.75) is 20.0 Å². The molecule has 35 heavy (non-hydrogen) atoms. The van der Waals surface area contributed by atoms with E-state index < -0.39 is 30.4 Å². The molecule has 3 aromatic rings. The summed E-state index contributed by atoms with van der Waals surface area (Å²) >= 11 is 0. The quantitative estimate of drug-likeness (QED) is 0.416. The summed E-state index contributed by atoms with van der Waals surface area (Å²) in [6.45, 7) is 1.51. The zero-order valence-electron chi connectivity index (χ0n) is 18.7. The maximum absolute atomic E-state index is 14.3. The van der Waals surface area contributed by atoms with E-state index in [1.165, 1.54) is 19.1 Å². The van der Waals surface area contributed by atoms with Gasteiger partial charge in [-0.3, -0.25) is 14.4 Å². The van der Waals surface area contributed by atoms with Crippen molar-refractivity contribution >= 4 is 29.1 Å². The van der Waals surface area contributed by atoms with Gasteiger partial charge in [-0.25, -0.2) is 4.39 Å². The van der Waals surface area contributed by atoms with Crippen LogP contribution in [-0.4, -0.2) is 30.4 Å². The number of anilines is 2. The molecule has 0 heterocycles. The van der Waals surface area contributed by atoms with Crippen molar-refractivity contribution in [2.75, 3.05) is 17.2 Å². The minimum absolute atomic E-state index is 0.00423. The summed E-state index contributed by atoms with van der Waals surface area (Å²) in [6, 6.07) is 14.9. The van der Waals surface area contributed by atoms with Crippen LogP contribution in [0.3, 0.4) is 0 Å². The van der Waals surface area contributed by atoms with Gasteiger partial charge in [0.1, 0.15) is 12.4 Å². The van der Waals surface area contributed by atoms with Crippen molar-refractivity contribution in [3.63, 3.8) is 0 Å². The minimum Gasteiger partial charge on any atom is -0.343 e. The van der Waals surface area contributed by atoms with Crippen molar-refractivity contribution in [1.82, 2.24) is 5.32 Å². The Bertz CT molecular complexity index is 1270. The Labute approximate surface area is 198 Å². The third-order valence-corrected chi connectivity index (χ3v) is 5.09. The van der Waals surface area contributed by atoms with E-state index in [1.54, 1.807) is 48.6 Å². The van der Waals surface area contributed by atoms with Crippen molar-refractivity contribution in [2.24, 2.45) is 0 Å². The second-order valence-corrected chi connectivity index (χ2v) is 7.73. The summed E-state index contributed by atoms with van der Waals surface area (Å²) in [4.78, 5) is 37.3. The van der Waals surface area contributed by atoms with Gasteiger partial charge in [-0.2, -0.15) is 13.2 Å². The van der Waals surface area contributed by atoms with Crippen LogP contribution in [0.5, 0.6) is 0 Å². The van der Waals surface area contributed by atoms with Gasteiger partial charge in [-0.15, -0.1) is 0 Å². The summed E-state index contributed by atoms with van der Waals surface area (Å²) in [5.74, 6) is -3.06. The Morgan fingerprint density at radius 3 is 2.00 bits per heavy atom. The largest absolute Gasteiger partial charge is 0.405 e. The molecule has 3 N–H and O–H groups in total. The maximum atomic E-state index is 14.3. The SMILES string of the molecule is Cc1ccc(C(=O)Nc2cc(C(=O)NCC(F)(F)F)cc(F)c2C)cc1NC(=O)c1ccccc1. The predicted octanol–water partition coefficient (Wildman–Crippen LogP) is 5.24. The van der Waals surface area contributed by atoms with E-state index in [4.69, 9.17) is 0 Å². The molecule has 0 aromatic heterocycles. The average Bonchev–Trinajstić information content (AvgIpc) is 2.81. The first-order valence-electron chi connectivity index (χ1n) is 10.4. The second-order valence-electron chi connectivity index (χ2n) is 7.73. The second kappa shape index (κ2) is 10.4. The minimum atomic E-state index is -4.63. The molecule has 0 atom stereocenters. The lowest BCUT2D eigenvalue weighted by Gasteiger charge is -2.14. The number of carbonyl (C=O) groups is 3. The first kappa shape index (κ1) is 25.4. The van der Waals surface area contributed by atoms with Crippen LogP contribution in [0.25, 0.3) is 0 Å². The normalized spacial score (nSPS) is 11.0. The molecule has 10 heteroatoms. The van der Waals surface area contributed by atoms with Crippen LogP contribution in [0.4, 0.5) is 28.9 Å². The molecule has 0 saturated heterocycles. The molecule has 3 aromatic carbocycles. The number of benzene rings is 3. The van der Waals surface area contributed by atoms with Gasteiger partial charge in [0.2, 0.25) is 0 Å². The highest BCUT2D eigenvalue weighted by molar-refractivity contribution is 6.08. The highest BCUT2D eigenvalue weighted by Gasteiger charge is 2.28. The number of rotatable bonds is 6. The third-order valence-electron chi connectivity index (χ3n) is 5.09. The van der Waals surface area contributed by atoms with Crippen LogP contribution < -0.4 is 16.0 Å². The van der Waals surface area contributed by atoms with E-state index in [1.807, 2.05) is 0 Å². The molecule has 0 unspecified atom stereocenters. The first-order chi connectivity index (χ1) is 16.4. The number of nitrogens with one attached hydrogen (secondary N) is 3. The number of hydrogen-bond donors (Lipinski definition) is 3. The first-order valence-corrected chi connectivity index (χ1v) is 10.4. The molecular weight excluding hydrogens is 466 g/mol. The van der Waals surface area contributed by atoms with Crippen LogP contribution in [0.2, 0.25) is 0 Å². The Hall–Kier alpha value is -4.21. The van der Waals surface area contributed by atoms with Gasteiger partial charge < -0.3 is 16.0 Å². The smallest absolute Gasteiger partial charge is 0.343 e. The summed E-state index contributed by atoms with van der Waals surface area (Å²) in [7, 11) is 0. The molecule has 3 rings (SSSR count). The molecule has 0 aliphatic rings. The van der Waals surface area contributed by atoms with Gasteiger partial charge in [0.15, 0.2) is 0 Å². The molecule has 6 nitrogen and oxygen atoms in total. The van der Waals surface area contributed by atoms with Crippen LogP contribution in [-0.2, 0) is 0 Å². The molecule has 0 spiro atoms. The number of carbonyl (C=O) groups excluding carboxylic acids is 3.